The molecule has 1 aromatic rings. The molecule has 0 amide bonds. The number of rotatable bonds is 3. The van der Waals surface area contributed by atoms with Crippen molar-refractivity contribution in [1.29, 1.82) is 0 Å². The zero-order valence-corrected chi connectivity index (χ0v) is 10.1. The Balaban J connectivity index is 1.99. The number of nitrogens with one attached hydrogen (secondary N) is 1. The van der Waals surface area contributed by atoms with Gasteiger partial charge in [-0.05, 0) is 41.2 Å². The van der Waals surface area contributed by atoms with Crippen LogP contribution >= 0.6 is 15.9 Å². The zero-order chi connectivity index (χ0) is 10.7. The topological polar surface area (TPSA) is 63.8 Å². The third kappa shape index (κ3) is 2.66. The Hall–Kier alpha value is -0.680. The number of halogens is 1. The SMILES string of the molecule is NCC1CCCC1Nc1ncc(Br)cn1. The molecule has 1 aromatic heterocycles. The number of hydrogen-bond donors (Lipinski definition) is 2. The number of nitrogens with two attached hydrogens (primary N) is 1. The van der Waals surface area contributed by atoms with Crippen LogP contribution in [0.15, 0.2) is 16.9 Å². The molecule has 1 aliphatic carbocycles. The second kappa shape index (κ2) is 4.90. The van der Waals surface area contributed by atoms with Crippen molar-refractivity contribution in [3.8, 4) is 0 Å². The number of hydrogen-bond acceptors (Lipinski definition) is 4. The van der Waals surface area contributed by atoms with Crippen LogP contribution in [0.5, 0.6) is 0 Å². The number of nitrogens with zero attached hydrogens (tertiary/aromatic N) is 2. The quantitative estimate of drug-likeness (QED) is 0.879. The van der Waals surface area contributed by atoms with Gasteiger partial charge in [0, 0.05) is 18.4 Å². The van der Waals surface area contributed by atoms with Gasteiger partial charge in [-0.1, -0.05) is 6.42 Å². The standard InChI is InChI=1S/C10H15BrN4/c11-8-5-13-10(14-6-8)15-9-3-1-2-7(9)4-12/h5-7,9H,1-4,12H2,(H,13,14,15). The van der Waals surface area contributed by atoms with E-state index in [9.17, 15) is 0 Å². The monoisotopic (exact) mass is 270 g/mol. The first-order chi connectivity index (χ1) is 7.29. The smallest absolute Gasteiger partial charge is 0.222 e. The van der Waals surface area contributed by atoms with Crippen molar-refractivity contribution >= 4 is 21.9 Å². The first kappa shape index (κ1) is 10.8. The maximum Gasteiger partial charge on any atom is 0.222 e. The third-order valence-corrected chi connectivity index (χ3v) is 3.31. The van der Waals surface area contributed by atoms with Gasteiger partial charge in [-0.3, -0.25) is 0 Å². The van der Waals surface area contributed by atoms with Crippen LogP contribution in [0.25, 0.3) is 0 Å². The number of anilines is 1. The van der Waals surface area contributed by atoms with Crippen LogP contribution in [-0.2, 0) is 0 Å². The summed E-state index contributed by atoms with van der Waals surface area (Å²) < 4.78 is 0.898. The van der Waals surface area contributed by atoms with Crippen molar-refractivity contribution in [2.75, 3.05) is 11.9 Å². The Morgan fingerprint density at radius 2 is 2.13 bits per heavy atom. The van der Waals surface area contributed by atoms with Crippen molar-refractivity contribution in [2.45, 2.75) is 25.3 Å². The minimum atomic E-state index is 0.441. The Morgan fingerprint density at radius 1 is 1.40 bits per heavy atom. The molecule has 4 nitrogen and oxygen atoms in total. The first-order valence-electron chi connectivity index (χ1n) is 5.23. The van der Waals surface area contributed by atoms with Crippen molar-refractivity contribution in [3.63, 3.8) is 0 Å². The lowest BCUT2D eigenvalue weighted by molar-refractivity contribution is 0.514. The molecule has 2 unspecified atom stereocenters. The molecule has 1 heterocycles. The molecule has 0 bridgehead atoms. The maximum absolute atomic E-state index is 5.71. The molecule has 1 aliphatic rings. The average molecular weight is 271 g/mol. The van der Waals surface area contributed by atoms with Gasteiger partial charge >= 0.3 is 0 Å². The second-order valence-corrected chi connectivity index (χ2v) is 4.82. The predicted octanol–water partition coefficient (Wildman–Crippen LogP) is 1.78. The van der Waals surface area contributed by atoms with Crippen LogP contribution in [0.1, 0.15) is 19.3 Å². The molecular weight excluding hydrogens is 256 g/mol. The van der Waals surface area contributed by atoms with Crippen LogP contribution in [0.4, 0.5) is 5.95 Å². The molecule has 1 fully saturated rings. The molecule has 0 radical (unpaired) electrons. The van der Waals surface area contributed by atoms with E-state index >= 15 is 0 Å². The molecule has 5 heteroatoms. The van der Waals surface area contributed by atoms with E-state index in [0.717, 1.165) is 11.0 Å². The summed E-state index contributed by atoms with van der Waals surface area (Å²) in [5.74, 6) is 1.26. The van der Waals surface area contributed by atoms with Gasteiger partial charge in [-0.25, -0.2) is 9.97 Å². The fourth-order valence-electron chi connectivity index (χ4n) is 2.06. The Bertz CT molecular complexity index is 314. The summed E-state index contributed by atoms with van der Waals surface area (Å²) in [6.45, 7) is 0.744. The molecule has 0 aromatic carbocycles. The minimum Gasteiger partial charge on any atom is -0.351 e. The lowest BCUT2D eigenvalue weighted by atomic mass is 10.0. The van der Waals surface area contributed by atoms with E-state index in [1.54, 1.807) is 12.4 Å². The largest absolute Gasteiger partial charge is 0.351 e. The molecular formula is C10H15BrN4. The Morgan fingerprint density at radius 3 is 2.80 bits per heavy atom. The molecule has 1 saturated carbocycles. The van der Waals surface area contributed by atoms with E-state index in [2.05, 4.69) is 31.2 Å². The molecule has 82 valence electrons. The van der Waals surface area contributed by atoms with Gasteiger partial charge in [0.05, 0.1) is 4.47 Å². The van der Waals surface area contributed by atoms with E-state index in [1.807, 2.05) is 0 Å². The molecule has 0 aliphatic heterocycles. The fraction of sp³-hybridized carbons (Fsp3) is 0.600. The van der Waals surface area contributed by atoms with Gasteiger partial charge in [0.1, 0.15) is 0 Å². The highest BCUT2D eigenvalue weighted by molar-refractivity contribution is 9.10. The van der Waals surface area contributed by atoms with Gasteiger partial charge < -0.3 is 11.1 Å². The lowest BCUT2D eigenvalue weighted by Crippen LogP contribution is -2.30. The molecule has 15 heavy (non-hydrogen) atoms. The van der Waals surface area contributed by atoms with E-state index in [0.29, 0.717) is 17.9 Å². The predicted molar refractivity (Wildman–Crippen MR) is 63.5 cm³/mol. The highest BCUT2D eigenvalue weighted by Crippen LogP contribution is 2.26. The first-order valence-corrected chi connectivity index (χ1v) is 6.03. The van der Waals surface area contributed by atoms with Crippen molar-refractivity contribution in [3.05, 3.63) is 16.9 Å². The molecule has 2 rings (SSSR count). The van der Waals surface area contributed by atoms with E-state index in [4.69, 9.17) is 5.73 Å². The lowest BCUT2D eigenvalue weighted by Gasteiger charge is -2.19. The normalized spacial score (nSPS) is 25.5. The highest BCUT2D eigenvalue weighted by Gasteiger charge is 2.26. The molecule has 0 saturated heterocycles. The molecule has 0 spiro atoms. The second-order valence-electron chi connectivity index (χ2n) is 3.90. The van der Waals surface area contributed by atoms with Crippen LogP contribution < -0.4 is 11.1 Å². The number of aromatic nitrogens is 2. The van der Waals surface area contributed by atoms with Crippen molar-refractivity contribution < 1.29 is 0 Å². The van der Waals surface area contributed by atoms with Crippen molar-refractivity contribution in [1.82, 2.24) is 9.97 Å². The van der Waals surface area contributed by atoms with E-state index in [-0.39, 0.29) is 0 Å². The summed E-state index contributed by atoms with van der Waals surface area (Å²) in [4.78, 5) is 8.40. The van der Waals surface area contributed by atoms with Gasteiger partial charge in [0.25, 0.3) is 0 Å². The van der Waals surface area contributed by atoms with Crippen LogP contribution in [0.2, 0.25) is 0 Å². The average Bonchev–Trinajstić information content (AvgIpc) is 2.69. The summed E-state index contributed by atoms with van der Waals surface area (Å²) in [6, 6.07) is 0.441. The molecule has 2 atom stereocenters. The summed E-state index contributed by atoms with van der Waals surface area (Å²) in [5.41, 5.74) is 5.71. The summed E-state index contributed by atoms with van der Waals surface area (Å²) in [7, 11) is 0. The van der Waals surface area contributed by atoms with Gasteiger partial charge in [-0.2, -0.15) is 0 Å². The van der Waals surface area contributed by atoms with Gasteiger partial charge in [-0.15, -0.1) is 0 Å². The summed E-state index contributed by atoms with van der Waals surface area (Å²) >= 11 is 3.31. The Labute approximate surface area is 97.8 Å². The van der Waals surface area contributed by atoms with Gasteiger partial charge in [0.15, 0.2) is 0 Å². The van der Waals surface area contributed by atoms with E-state index < -0.39 is 0 Å². The summed E-state index contributed by atoms with van der Waals surface area (Å²) in [6.07, 6.45) is 7.13. The molecule has 3 N–H and O–H groups in total. The zero-order valence-electron chi connectivity index (χ0n) is 8.49. The van der Waals surface area contributed by atoms with Crippen molar-refractivity contribution in [2.24, 2.45) is 11.7 Å². The summed E-state index contributed by atoms with van der Waals surface area (Å²) in [5, 5.41) is 3.35. The Kier molecular flexibility index (Phi) is 3.53. The van der Waals surface area contributed by atoms with Gasteiger partial charge in [0.2, 0.25) is 5.95 Å². The minimum absolute atomic E-state index is 0.441. The third-order valence-electron chi connectivity index (χ3n) is 2.90. The fourth-order valence-corrected chi connectivity index (χ4v) is 2.27. The van der Waals surface area contributed by atoms with Crippen LogP contribution in [0.3, 0.4) is 0 Å². The van der Waals surface area contributed by atoms with Crippen LogP contribution in [-0.4, -0.2) is 22.6 Å². The van der Waals surface area contributed by atoms with Crippen LogP contribution in [0, 0.1) is 5.92 Å². The van der Waals surface area contributed by atoms with E-state index in [1.165, 1.54) is 19.3 Å². The maximum atomic E-state index is 5.71. The highest BCUT2D eigenvalue weighted by atomic mass is 79.9.